The highest BCUT2D eigenvalue weighted by Crippen LogP contribution is 2.40. The van der Waals surface area contributed by atoms with Crippen LogP contribution in [0, 0.1) is 11.8 Å². The van der Waals surface area contributed by atoms with Gasteiger partial charge in [-0.25, -0.2) is 0 Å². The topological polar surface area (TPSA) is 55.8 Å². The van der Waals surface area contributed by atoms with Gasteiger partial charge in [-0.1, -0.05) is 65.2 Å². The molecule has 4 heteroatoms. The molecule has 1 N–H and O–H groups in total. The number of aliphatic carboxylic acids is 1. The highest BCUT2D eigenvalue weighted by molar-refractivity contribution is 5.69. The van der Waals surface area contributed by atoms with Gasteiger partial charge < -0.3 is 14.6 Å². The van der Waals surface area contributed by atoms with Gasteiger partial charge in [0, 0.05) is 12.8 Å². The predicted octanol–water partition coefficient (Wildman–Crippen LogP) is 5.93. The fourth-order valence-electron chi connectivity index (χ4n) is 4.66. The molecule has 1 aliphatic heterocycles. The van der Waals surface area contributed by atoms with Gasteiger partial charge in [-0.3, -0.25) is 4.79 Å². The first-order valence-electron chi connectivity index (χ1n) is 11.1. The number of unbranched alkanes of at least 4 members (excludes halogenated alkanes) is 6. The minimum absolute atomic E-state index is 0.0352. The van der Waals surface area contributed by atoms with E-state index in [0.29, 0.717) is 6.61 Å². The minimum atomic E-state index is -0.689. The molecule has 0 aromatic rings. The second-order valence-corrected chi connectivity index (χ2v) is 8.47. The quantitative estimate of drug-likeness (QED) is 0.459. The standard InChI is InChI=1S/C22H40O4/c1-3-4-5-6-7-8-10-13-19(18(2)21(23)24)20-14-17-25-22(26-20)15-11-9-12-16-22/h18-20H,3-17H2,1-2H3,(H,23,24). The Bertz CT molecular complexity index is 397. The van der Waals surface area contributed by atoms with Crippen LogP contribution >= 0.6 is 0 Å². The van der Waals surface area contributed by atoms with Crippen LogP contribution < -0.4 is 0 Å². The molecule has 0 radical (unpaired) electrons. The molecule has 1 heterocycles. The third-order valence-electron chi connectivity index (χ3n) is 6.40. The Kier molecular flexibility index (Phi) is 9.41. The molecular weight excluding hydrogens is 328 g/mol. The lowest BCUT2D eigenvalue weighted by Gasteiger charge is -2.46. The maximum atomic E-state index is 11.7. The van der Waals surface area contributed by atoms with Crippen LogP contribution in [-0.4, -0.2) is 29.6 Å². The molecule has 2 aliphatic rings. The number of hydrogen-bond donors (Lipinski definition) is 1. The van der Waals surface area contributed by atoms with Crippen LogP contribution in [0.2, 0.25) is 0 Å². The fourth-order valence-corrected chi connectivity index (χ4v) is 4.66. The highest BCUT2D eigenvalue weighted by atomic mass is 16.7. The highest BCUT2D eigenvalue weighted by Gasteiger charge is 2.43. The summed E-state index contributed by atoms with van der Waals surface area (Å²) >= 11 is 0. The number of rotatable bonds is 11. The van der Waals surface area contributed by atoms with E-state index in [1.54, 1.807) is 0 Å². The average Bonchev–Trinajstić information content (AvgIpc) is 2.64. The largest absolute Gasteiger partial charge is 0.481 e. The van der Waals surface area contributed by atoms with E-state index < -0.39 is 11.8 Å². The van der Waals surface area contributed by atoms with E-state index in [1.807, 2.05) is 6.92 Å². The summed E-state index contributed by atoms with van der Waals surface area (Å²) < 4.78 is 12.5. The van der Waals surface area contributed by atoms with Gasteiger partial charge >= 0.3 is 5.97 Å². The number of hydrogen-bond acceptors (Lipinski definition) is 3. The zero-order valence-corrected chi connectivity index (χ0v) is 17.0. The zero-order chi connectivity index (χ0) is 18.8. The van der Waals surface area contributed by atoms with Gasteiger partial charge in [0.25, 0.3) is 0 Å². The van der Waals surface area contributed by atoms with Crippen LogP contribution in [0.15, 0.2) is 0 Å². The number of carboxylic acid groups (broad SMARTS) is 1. The Morgan fingerprint density at radius 1 is 1.08 bits per heavy atom. The van der Waals surface area contributed by atoms with Crippen molar-refractivity contribution in [1.29, 1.82) is 0 Å². The Balaban J connectivity index is 1.86. The van der Waals surface area contributed by atoms with Crippen molar-refractivity contribution >= 4 is 5.97 Å². The molecule has 26 heavy (non-hydrogen) atoms. The summed E-state index contributed by atoms with van der Waals surface area (Å²) in [5.74, 6) is -1.35. The lowest BCUT2D eigenvalue weighted by molar-refractivity contribution is -0.315. The predicted molar refractivity (Wildman–Crippen MR) is 104 cm³/mol. The van der Waals surface area contributed by atoms with Crippen molar-refractivity contribution in [2.45, 2.75) is 116 Å². The number of ether oxygens (including phenoxy) is 2. The average molecular weight is 369 g/mol. The maximum Gasteiger partial charge on any atom is 0.306 e. The minimum Gasteiger partial charge on any atom is -0.481 e. The van der Waals surface area contributed by atoms with Gasteiger partial charge in [-0.15, -0.1) is 0 Å². The summed E-state index contributed by atoms with van der Waals surface area (Å²) in [5, 5.41) is 9.60. The van der Waals surface area contributed by atoms with Crippen LogP contribution in [0.4, 0.5) is 0 Å². The van der Waals surface area contributed by atoms with Crippen LogP contribution in [0.5, 0.6) is 0 Å². The molecule has 1 saturated heterocycles. The summed E-state index contributed by atoms with van der Waals surface area (Å²) in [5.41, 5.74) is 0. The molecule has 1 spiro atoms. The molecule has 2 rings (SSSR count). The molecule has 0 aromatic heterocycles. The Morgan fingerprint density at radius 2 is 1.73 bits per heavy atom. The normalized spacial score (nSPS) is 25.1. The van der Waals surface area contributed by atoms with Gasteiger partial charge in [0.1, 0.15) is 0 Å². The Hall–Kier alpha value is -0.610. The molecule has 2 fully saturated rings. The van der Waals surface area contributed by atoms with Gasteiger partial charge in [0.05, 0.1) is 18.6 Å². The summed E-state index contributed by atoms with van der Waals surface area (Å²) in [7, 11) is 0. The van der Waals surface area contributed by atoms with Crippen molar-refractivity contribution in [3.8, 4) is 0 Å². The van der Waals surface area contributed by atoms with Crippen molar-refractivity contribution in [3.63, 3.8) is 0 Å². The molecule has 1 saturated carbocycles. The smallest absolute Gasteiger partial charge is 0.306 e. The molecule has 0 aromatic carbocycles. The van der Waals surface area contributed by atoms with Crippen molar-refractivity contribution in [1.82, 2.24) is 0 Å². The molecule has 152 valence electrons. The Labute approximate surface area is 160 Å². The third kappa shape index (κ3) is 6.53. The molecule has 3 atom stereocenters. The summed E-state index contributed by atoms with van der Waals surface area (Å²) in [6.07, 6.45) is 16.2. The lowest BCUT2D eigenvalue weighted by atomic mass is 9.82. The second-order valence-electron chi connectivity index (χ2n) is 8.47. The SMILES string of the molecule is CCCCCCCCCC(C1CCOC2(CCCCC2)O1)C(C)C(=O)O. The molecule has 0 amide bonds. The summed E-state index contributed by atoms with van der Waals surface area (Å²) in [6, 6.07) is 0. The van der Waals surface area contributed by atoms with Gasteiger partial charge in [-0.2, -0.15) is 0 Å². The number of carboxylic acids is 1. The molecule has 0 bridgehead atoms. The van der Waals surface area contributed by atoms with Crippen LogP contribution in [0.3, 0.4) is 0 Å². The van der Waals surface area contributed by atoms with Crippen molar-refractivity contribution in [2.75, 3.05) is 6.61 Å². The van der Waals surface area contributed by atoms with E-state index in [2.05, 4.69) is 6.92 Å². The molecule has 4 nitrogen and oxygen atoms in total. The zero-order valence-electron chi connectivity index (χ0n) is 17.0. The fraction of sp³-hybridized carbons (Fsp3) is 0.955. The van der Waals surface area contributed by atoms with Crippen molar-refractivity contribution in [3.05, 3.63) is 0 Å². The van der Waals surface area contributed by atoms with Crippen molar-refractivity contribution in [2.24, 2.45) is 11.8 Å². The first kappa shape index (κ1) is 21.7. The monoisotopic (exact) mass is 368 g/mol. The number of carbonyl (C=O) groups is 1. The van der Waals surface area contributed by atoms with Crippen LogP contribution in [-0.2, 0) is 14.3 Å². The lowest BCUT2D eigenvalue weighted by Crippen LogP contribution is -2.49. The summed E-state index contributed by atoms with van der Waals surface area (Å²) in [6.45, 7) is 4.82. The Morgan fingerprint density at radius 3 is 2.38 bits per heavy atom. The third-order valence-corrected chi connectivity index (χ3v) is 6.40. The second kappa shape index (κ2) is 11.3. The first-order valence-corrected chi connectivity index (χ1v) is 11.1. The van der Waals surface area contributed by atoms with E-state index in [9.17, 15) is 9.90 Å². The summed E-state index contributed by atoms with van der Waals surface area (Å²) in [4.78, 5) is 11.7. The molecule has 3 unspecified atom stereocenters. The van der Waals surface area contributed by atoms with Crippen LogP contribution in [0.1, 0.15) is 104 Å². The van der Waals surface area contributed by atoms with E-state index in [0.717, 1.165) is 44.9 Å². The van der Waals surface area contributed by atoms with E-state index in [-0.39, 0.29) is 17.9 Å². The maximum absolute atomic E-state index is 11.7. The van der Waals surface area contributed by atoms with Crippen molar-refractivity contribution < 1.29 is 19.4 Å². The van der Waals surface area contributed by atoms with Gasteiger partial charge in [-0.05, 0) is 31.6 Å². The van der Waals surface area contributed by atoms with Gasteiger partial charge in [0.2, 0.25) is 0 Å². The molecule has 1 aliphatic carbocycles. The van der Waals surface area contributed by atoms with E-state index in [1.165, 1.54) is 44.9 Å². The van der Waals surface area contributed by atoms with E-state index >= 15 is 0 Å². The van der Waals surface area contributed by atoms with E-state index in [4.69, 9.17) is 9.47 Å². The first-order chi connectivity index (χ1) is 12.6. The van der Waals surface area contributed by atoms with Crippen LogP contribution in [0.25, 0.3) is 0 Å². The molecular formula is C22H40O4. The van der Waals surface area contributed by atoms with Gasteiger partial charge in [0.15, 0.2) is 5.79 Å².